The van der Waals surface area contributed by atoms with Crippen molar-refractivity contribution in [2.24, 2.45) is 5.92 Å². The maximum Gasteiger partial charge on any atom is 0.326 e. The van der Waals surface area contributed by atoms with Gasteiger partial charge >= 0.3 is 7.60 Å². The number of amides is 1. The fourth-order valence-corrected chi connectivity index (χ4v) is 6.73. The Labute approximate surface area is 273 Å². The molecule has 0 atom stereocenters. The summed E-state index contributed by atoms with van der Waals surface area (Å²) >= 11 is 12.6. The van der Waals surface area contributed by atoms with Gasteiger partial charge in [-0.3, -0.25) is 19.2 Å². The van der Waals surface area contributed by atoms with Gasteiger partial charge in [-0.2, -0.15) is 0 Å². The minimum atomic E-state index is -4.00. The fourth-order valence-electron chi connectivity index (χ4n) is 5.66. The van der Waals surface area contributed by atoms with Gasteiger partial charge in [0.15, 0.2) is 0 Å². The van der Waals surface area contributed by atoms with Gasteiger partial charge in [-0.15, -0.1) is 0 Å². The van der Waals surface area contributed by atoms with Crippen molar-refractivity contribution in [2.75, 3.05) is 63.4 Å². The lowest BCUT2D eigenvalue weighted by Gasteiger charge is -2.35. The first-order valence-corrected chi connectivity index (χ1v) is 17.6. The molecule has 242 valence electrons. The van der Waals surface area contributed by atoms with E-state index in [9.17, 15) is 9.36 Å². The third-order valence-electron chi connectivity index (χ3n) is 8.12. The van der Waals surface area contributed by atoms with Crippen molar-refractivity contribution in [3.05, 3.63) is 64.3 Å². The number of likely N-dealkylation sites (tertiary alicyclic amines) is 1. The van der Waals surface area contributed by atoms with Crippen molar-refractivity contribution >= 4 is 42.5 Å². The highest BCUT2D eigenvalue weighted by atomic mass is 35.5. The number of hydrogen-bond acceptors (Lipinski definition) is 8. The number of benzene rings is 1. The number of hydrogen-bond donors (Lipinski definition) is 3. The Hall–Kier alpha value is -2.76. The summed E-state index contributed by atoms with van der Waals surface area (Å²) in [6, 6.07) is 13.1. The van der Waals surface area contributed by atoms with Gasteiger partial charge in [0.1, 0.15) is 11.6 Å². The first kappa shape index (κ1) is 33.6. The van der Waals surface area contributed by atoms with Crippen LogP contribution in [-0.2, 0) is 15.9 Å². The Morgan fingerprint density at radius 2 is 1.71 bits per heavy atom. The molecule has 2 saturated heterocycles. The van der Waals surface area contributed by atoms with Crippen LogP contribution in [0.15, 0.2) is 48.7 Å². The molecule has 0 spiro atoms. The van der Waals surface area contributed by atoms with Gasteiger partial charge in [0.25, 0.3) is 0 Å². The number of nitrogens with one attached hydrogen (secondary N) is 1. The topological polar surface area (TPSA) is 131 Å². The molecule has 1 amide bonds. The van der Waals surface area contributed by atoms with Crippen LogP contribution in [0.4, 0.5) is 5.82 Å². The average Bonchev–Trinajstić information content (AvgIpc) is 2.99. The van der Waals surface area contributed by atoms with Crippen molar-refractivity contribution in [2.45, 2.75) is 26.3 Å². The van der Waals surface area contributed by atoms with E-state index in [0.29, 0.717) is 66.0 Å². The highest BCUT2D eigenvalue weighted by molar-refractivity contribution is 7.51. The van der Waals surface area contributed by atoms with E-state index in [4.69, 9.17) is 42.7 Å². The number of anilines is 1. The number of ether oxygens (including phenoxy) is 1. The molecule has 3 N–H and O–H groups in total. The molecule has 0 unspecified atom stereocenters. The van der Waals surface area contributed by atoms with Gasteiger partial charge in [-0.25, -0.2) is 9.97 Å². The molecule has 0 aliphatic carbocycles. The van der Waals surface area contributed by atoms with Crippen molar-refractivity contribution in [3.8, 4) is 22.9 Å². The number of carbonyl (C=O) groups is 1. The zero-order valence-corrected chi connectivity index (χ0v) is 27.6. The Morgan fingerprint density at radius 3 is 2.33 bits per heavy atom. The lowest BCUT2D eigenvalue weighted by molar-refractivity contribution is -0.119. The molecule has 1 aromatic carbocycles. The number of piperazine rings is 1. The van der Waals surface area contributed by atoms with Gasteiger partial charge in [0, 0.05) is 74.4 Å². The van der Waals surface area contributed by atoms with Crippen LogP contribution in [0.2, 0.25) is 10.0 Å². The fraction of sp³-hybridized carbons (Fsp3) is 0.452. The van der Waals surface area contributed by atoms with Crippen LogP contribution in [-0.4, -0.2) is 94.0 Å². The SMILES string of the molecule is CC(=O)NCC1CCN(Cc2cc(Oc3ccc(N4CCN(CCP(=O)(O)O)CC4)nc3)nc(-c3cc(Cl)cc(Cl)c3)c2)CC1. The standard InChI is InChI=1S/C31H39Cl2N6O5P/c1-22(40)34-19-23-4-6-38(7-5-23)21-24-14-29(25-16-26(32)18-27(33)17-25)36-31(15-24)44-28-2-3-30(35-20-28)39-10-8-37(9-11-39)12-13-45(41,42)43/h2-3,14-18,20,23H,4-13,19,21H2,1H3,(H,34,40)(H2,41,42,43). The van der Waals surface area contributed by atoms with E-state index in [1.807, 2.05) is 36.4 Å². The summed E-state index contributed by atoms with van der Waals surface area (Å²) in [4.78, 5) is 45.6. The van der Waals surface area contributed by atoms with Gasteiger partial charge in [-0.05, 0) is 73.8 Å². The number of carbonyl (C=O) groups excluding carboxylic acids is 1. The first-order chi connectivity index (χ1) is 21.5. The second kappa shape index (κ2) is 15.2. The number of pyridine rings is 2. The second-order valence-corrected chi connectivity index (χ2v) is 14.3. The molecule has 0 bridgehead atoms. The maximum absolute atomic E-state index is 11.3. The molecule has 2 fully saturated rings. The van der Waals surface area contributed by atoms with Crippen LogP contribution >= 0.6 is 30.8 Å². The molecule has 2 aromatic heterocycles. The van der Waals surface area contributed by atoms with E-state index in [0.717, 1.165) is 56.0 Å². The van der Waals surface area contributed by atoms with Gasteiger partial charge in [0.2, 0.25) is 11.8 Å². The van der Waals surface area contributed by atoms with Crippen LogP contribution in [0, 0.1) is 5.92 Å². The third kappa shape index (κ3) is 10.4. The Kier molecular flexibility index (Phi) is 11.4. The number of rotatable bonds is 11. The van der Waals surface area contributed by atoms with Crippen LogP contribution in [0.5, 0.6) is 11.6 Å². The minimum absolute atomic E-state index is 0.0108. The molecule has 2 aliphatic rings. The van der Waals surface area contributed by atoms with Gasteiger partial charge in [-0.1, -0.05) is 23.2 Å². The summed E-state index contributed by atoms with van der Waals surface area (Å²) in [6.45, 7) is 8.10. The molecule has 3 aromatic rings. The summed E-state index contributed by atoms with van der Waals surface area (Å²) in [5, 5.41) is 3.99. The van der Waals surface area contributed by atoms with Crippen LogP contribution in [0.3, 0.4) is 0 Å². The summed E-state index contributed by atoms with van der Waals surface area (Å²) in [5.41, 5.74) is 2.54. The monoisotopic (exact) mass is 676 g/mol. The third-order valence-corrected chi connectivity index (χ3v) is 9.34. The molecule has 0 saturated carbocycles. The predicted octanol–water partition coefficient (Wildman–Crippen LogP) is 4.89. The lowest BCUT2D eigenvalue weighted by Crippen LogP contribution is -2.47. The highest BCUT2D eigenvalue weighted by Gasteiger charge is 2.22. The number of halogens is 2. The zero-order valence-electron chi connectivity index (χ0n) is 25.2. The summed E-state index contributed by atoms with van der Waals surface area (Å²) in [7, 11) is -4.00. The number of piperidine rings is 1. The van der Waals surface area contributed by atoms with E-state index in [-0.39, 0.29) is 12.1 Å². The molecule has 5 rings (SSSR count). The van der Waals surface area contributed by atoms with Crippen LogP contribution < -0.4 is 15.0 Å². The van der Waals surface area contributed by atoms with Crippen molar-refractivity contribution in [3.63, 3.8) is 0 Å². The molecular weight excluding hydrogens is 638 g/mol. The first-order valence-electron chi connectivity index (χ1n) is 15.1. The van der Waals surface area contributed by atoms with E-state index in [1.54, 1.807) is 19.2 Å². The van der Waals surface area contributed by atoms with E-state index < -0.39 is 7.60 Å². The van der Waals surface area contributed by atoms with E-state index in [2.05, 4.69) is 25.0 Å². The second-order valence-electron chi connectivity index (χ2n) is 11.7. The Morgan fingerprint density at radius 1 is 1.00 bits per heavy atom. The van der Waals surface area contributed by atoms with E-state index >= 15 is 0 Å². The highest BCUT2D eigenvalue weighted by Crippen LogP contribution is 2.34. The number of aromatic nitrogens is 2. The summed E-state index contributed by atoms with van der Waals surface area (Å²) in [5.74, 6) is 2.30. The molecule has 0 radical (unpaired) electrons. The number of nitrogens with zero attached hydrogens (tertiary/aromatic N) is 5. The normalized spacial score (nSPS) is 17.0. The van der Waals surface area contributed by atoms with Crippen LogP contribution in [0.25, 0.3) is 11.3 Å². The van der Waals surface area contributed by atoms with Crippen molar-refractivity contribution in [1.29, 1.82) is 0 Å². The molecule has 14 heteroatoms. The Bertz CT molecular complexity index is 1490. The lowest BCUT2D eigenvalue weighted by atomic mass is 9.96. The van der Waals surface area contributed by atoms with Crippen LogP contribution in [0.1, 0.15) is 25.3 Å². The smallest absolute Gasteiger partial charge is 0.326 e. The summed E-state index contributed by atoms with van der Waals surface area (Å²) < 4.78 is 17.4. The van der Waals surface area contributed by atoms with Crippen molar-refractivity contribution < 1.29 is 23.9 Å². The largest absolute Gasteiger partial charge is 0.437 e. The molecule has 11 nitrogen and oxygen atoms in total. The van der Waals surface area contributed by atoms with E-state index in [1.165, 1.54) is 0 Å². The predicted molar refractivity (Wildman–Crippen MR) is 176 cm³/mol. The maximum atomic E-state index is 11.3. The quantitative estimate of drug-likeness (QED) is 0.241. The Balaban J connectivity index is 1.26. The minimum Gasteiger partial charge on any atom is -0.437 e. The molecule has 4 heterocycles. The van der Waals surface area contributed by atoms with Gasteiger partial charge in [0.05, 0.1) is 18.1 Å². The molecule has 2 aliphatic heterocycles. The molecular formula is C31H39Cl2N6O5P. The summed E-state index contributed by atoms with van der Waals surface area (Å²) in [6.07, 6.45) is 3.59. The van der Waals surface area contributed by atoms with Crippen molar-refractivity contribution in [1.82, 2.24) is 25.1 Å². The molecule has 45 heavy (non-hydrogen) atoms. The average molecular weight is 678 g/mol. The van der Waals surface area contributed by atoms with Gasteiger partial charge < -0.3 is 24.7 Å². The zero-order chi connectivity index (χ0) is 32.0.